The van der Waals surface area contributed by atoms with Crippen LogP contribution < -0.4 is 4.90 Å². The molecule has 132 valence electrons. The van der Waals surface area contributed by atoms with E-state index in [4.69, 9.17) is 0 Å². The molecule has 0 aromatic heterocycles. The average Bonchev–Trinajstić information content (AvgIpc) is 2.65. The Morgan fingerprint density at radius 2 is 1.64 bits per heavy atom. The first-order chi connectivity index (χ1) is 12.1. The van der Waals surface area contributed by atoms with Crippen molar-refractivity contribution in [1.82, 2.24) is 0 Å². The van der Waals surface area contributed by atoms with Gasteiger partial charge in [0.25, 0.3) is 0 Å². The van der Waals surface area contributed by atoms with Crippen molar-refractivity contribution in [1.29, 1.82) is 0 Å². The number of allylic oxidation sites excluding steroid dienone is 1. The molecule has 0 radical (unpaired) electrons. The maximum atomic E-state index is 13.8. The fourth-order valence-electron chi connectivity index (χ4n) is 3.67. The Labute approximate surface area is 149 Å². The maximum absolute atomic E-state index is 13.8. The monoisotopic (exact) mass is 341 g/mol. The van der Waals surface area contributed by atoms with E-state index in [0.717, 1.165) is 30.1 Å². The first kappa shape index (κ1) is 17.7. The minimum Gasteiger partial charge on any atom is -0.315 e. The van der Waals surface area contributed by atoms with Crippen molar-refractivity contribution >= 4 is 11.4 Å². The lowest BCUT2D eigenvalue weighted by molar-refractivity contribution is 0.339. The molecule has 3 heteroatoms. The quantitative estimate of drug-likeness (QED) is 0.548. The van der Waals surface area contributed by atoms with Crippen LogP contribution in [0.3, 0.4) is 0 Å². The summed E-state index contributed by atoms with van der Waals surface area (Å²) < 4.78 is 27.1. The van der Waals surface area contributed by atoms with Gasteiger partial charge >= 0.3 is 0 Å². The fraction of sp³-hybridized carbons (Fsp3) is 0.364. The van der Waals surface area contributed by atoms with E-state index in [1.807, 2.05) is 35.2 Å². The first-order valence-corrected chi connectivity index (χ1v) is 9.13. The van der Waals surface area contributed by atoms with Gasteiger partial charge in [0.15, 0.2) is 11.6 Å². The minimum absolute atomic E-state index is 0.610. The highest BCUT2D eigenvalue weighted by Gasteiger charge is 2.18. The molecule has 25 heavy (non-hydrogen) atoms. The molecule has 1 aliphatic rings. The molecule has 0 bridgehead atoms. The SMILES string of the molecule is C=C(CCC1CCCCC1)N(c1ccccc1)c1ccc(F)c(F)c1. The van der Waals surface area contributed by atoms with Crippen LogP contribution in [0, 0.1) is 17.6 Å². The van der Waals surface area contributed by atoms with E-state index in [-0.39, 0.29) is 0 Å². The number of hydrogen-bond acceptors (Lipinski definition) is 1. The van der Waals surface area contributed by atoms with Gasteiger partial charge in [0.05, 0.1) is 0 Å². The van der Waals surface area contributed by atoms with Crippen LogP contribution in [-0.2, 0) is 0 Å². The number of benzene rings is 2. The molecule has 2 aromatic rings. The summed E-state index contributed by atoms with van der Waals surface area (Å²) >= 11 is 0. The van der Waals surface area contributed by atoms with Crippen molar-refractivity contribution in [3.63, 3.8) is 0 Å². The zero-order valence-electron chi connectivity index (χ0n) is 14.6. The lowest BCUT2D eigenvalue weighted by Gasteiger charge is -2.29. The van der Waals surface area contributed by atoms with Gasteiger partial charge in [-0.25, -0.2) is 8.78 Å². The van der Waals surface area contributed by atoms with Crippen LogP contribution in [-0.4, -0.2) is 0 Å². The van der Waals surface area contributed by atoms with E-state index < -0.39 is 11.6 Å². The molecule has 0 N–H and O–H groups in total. The van der Waals surface area contributed by atoms with E-state index in [0.29, 0.717) is 5.69 Å². The molecule has 0 heterocycles. The molecule has 2 aromatic carbocycles. The van der Waals surface area contributed by atoms with Crippen LogP contribution >= 0.6 is 0 Å². The van der Waals surface area contributed by atoms with E-state index in [1.54, 1.807) is 6.07 Å². The summed E-state index contributed by atoms with van der Waals surface area (Å²) in [6.45, 7) is 4.25. The van der Waals surface area contributed by atoms with Crippen LogP contribution in [0.2, 0.25) is 0 Å². The van der Waals surface area contributed by atoms with Crippen molar-refractivity contribution in [2.75, 3.05) is 4.90 Å². The molecule has 0 saturated heterocycles. The number of hydrogen-bond donors (Lipinski definition) is 0. The zero-order valence-corrected chi connectivity index (χ0v) is 14.6. The second kappa shape index (κ2) is 8.28. The average molecular weight is 341 g/mol. The summed E-state index contributed by atoms with van der Waals surface area (Å²) in [7, 11) is 0. The van der Waals surface area contributed by atoms with Gasteiger partial charge in [0.2, 0.25) is 0 Å². The number of nitrogens with zero attached hydrogens (tertiary/aromatic N) is 1. The molecule has 0 unspecified atom stereocenters. The third kappa shape index (κ3) is 4.47. The van der Waals surface area contributed by atoms with Crippen LogP contribution in [0.1, 0.15) is 44.9 Å². The molecule has 1 saturated carbocycles. The summed E-state index contributed by atoms with van der Waals surface area (Å²) in [6, 6.07) is 13.8. The van der Waals surface area contributed by atoms with E-state index >= 15 is 0 Å². The Bertz CT molecular complexity index is 705. The Hall–Kier alpha value is -2.16. The van der Waals surface area contributed by atoms with Crippen LogP contribution in [0.4, 0.5) is 20.2 Å². The third-order valence-electron chi connectivity index (χ3n) is 5.06. The minimum atomic E-state index is -0.835. The smallest absolute Gasteiger partial charge is 0.160 e. The Morgan fingerprint density at radius 1 is 0.920 bits per heavy atom. The number of anilines is 2. The fourth-order valence-corrected chi connectivity index (χ4v) is 3.67. The Kier molecular flexibility index (Phi) is 5.85. The largest absolute Gasteiger partial charge is 0.315 e. The molecule has 0 aliphatic heterocycles. The summed E-state index contributed by atoms with van der Waals surface area (Å²) in [5.41, 5.74) is 2.45. The van der Waals surface area contributed by atoms with Gasteiger partial charge in [-0.05, 0) is 43.0 Å². The van der Waals surface area contributed by atoms with Crippen molar-refractivity contribution in [3.8, 4) is 0 Å². The zero-order chi connectivity index (χ0) is 17.6. The van der Waals surface area contributed by atoms with Gasteiger partial charge in [0.1, 0.15) is 0 Å². The predicted molar refractivity (Wildman–Crippen MR) is 99.9 cm³/mol. The van der Waals surface area contributed by atoms with Gasteiger partial charge in [-0.1, -0.05) is 56.9 Å². The first-order valence-electron chi connectivity index (χ1n) is 9.13. The van der Waals surface area contributed by atoms with Crippen molar-refractivity contribution < 1.29 is 8.78 Å². The summed E-state index contributed by atoms with van der Waals surface area (Å²) in [5, 5.41) is 0. The lowest BCUT2D eigenvalue weighted by atomic mass is 9.86. The van der Waals surface area contributed by atoms with Crippen molar-refractivity contribution in [2.24, 2.45) is 5.92 Å². The predicted octanol–water partition coefficient (Wildman–Crippen LogP) is 6.98. The van der Waals surface area contributed by atoms with Crippen LogP contribution in [0.15, 0.2) is 60.8 Å². The highest BCUT2D eigenvalue weighted by molar-refractivity contribution is 5.67. The van der Waals surface area contributed by atoms with Gasteiger partial charge in [0, 0.05) is 23.1 Å². The highest BCUT2D eigenvalue weighted by atomic mass is 19.2. The van der Waals surface area contributed by atoms with Gasteiger partial charge in [-0.15, -0.1) is 0 Å². The van der Waals surface area contributed by atoms with Gasteiger partial charge < -0.3 is 4.90 Å². The van der Waals surface area contributed by atoms with E-state index in [2.05, 4.69) is 6.58 Å². The molecule has 3 rings (SSSR count). The molecule has 1 fully saturated rings. The van der Waals surface area contributed by atoms with E-state index in [1.165, 1.54) is 44.2 Å². The highest BCUT2D eigenvalue weighted by Crippen LogP contribution is 2.34. The van der Waals surface area contributed by atoms with E-state index in [9.17, 15) is 8.78 Å². The topological polar surface area (TPSA) is 3.24 Å². The summed E-state index contributed by atoms with van der Waals surface area (Å²) in [4.78, 5) is 1.94. The molecule has 1 nitrogen and oxygen atoms in total. The molecule has 0 spiro atoms. The molecular formula is C22H25F2N. The molecular weight excluding hydrogens is 316 g/mol. The summed E-state index contributed by atoms with van der Waals surface area (Å²) in [6.07, 6.45) is 8.55. The molecule has 0 atom stereocenters. The van der Waals surface area contributed by atoms with Crippen molar-refractivity contribution in [3.05, 3.63) is 72.4 Å². The lowest BCUT2D eigenvalue weighted by Crippen LogP contribution is -2.17. The second-order valence-electron chi connectivity index (χ2n) is 6.88. The van der Waals surface area contributed by atoms with Gasteiger partial charge in [-0.3, -0.25) is 0 Å². The Balaban J connectivity index is 1.80. The number of halogens is 2. The maximum Gasteiger partial charge on any atom is 0.160 e. The summed E-state index contributed by atoms with van der Waals surface area (Å²) in [5.74, 6) is -0.906. The molecule has 1 aliphatic carbocycles. The number of para-hydroxylation sites is 1. The second-order valence-corrected chi connectivity index (χ2v) is 6.88. The third-order valence-corrected chi connectivity index (χ3v) is 5.06. The standard InChI is InChI=1S/C22H25F2N/c1-17(12-13-18-8-4-2-5-9-18)25(19-10-6-3-7-11-19)20-14-15-21(23)22(24)16-20/h3,6-7,10-11,14-16,18H,1-2,4-5,8-9,12-13H2. The van der Waals surface area contributed by atoms with Crippen molar-refractivity contribution in [2.45, 2.75) is 44.9 Å². The Morgan fingerprint density at radius 3 is 2.32 bits per heavy atom. The number of rotatable bonds is 6. The normalized spacial score (nSPS) is 15.1. The van der Waals surface area contributed by atoms with Gasteiger partial charge in [-0.2, -0.15) is 0 Å². The van der Waals surface area contributed by atoms with Crippen LogP contribution in [0.5, 0.6) is 0 Å². The van der Waals surface area contributed by atoms with Crippen LogP contribution in [0.25, 0.3) is 0 Å². The molecule has 0 amide bonds.